The fourth-order valence-corrected chi connectivity index (χ4v) is 3.61. The molecule has 2 aromatic rings. The fraction of sp³-hybridized carbons (Fsp3) is 0.409. The zero-order chi connectivity index (χ0) is 18.4. The van der Waals surface area contributed by atoms with E-state index < -0.39 is 0 Å². The maximum Gasteiger partial charge on any atom is 0.228 e. The van der Waals surface area contributed by atoms with Gasteiger partial charge in [-0.3, -0.25) is 9.69 Å². The van der Waals surface area contributed by atoms with Crippen molar-refractivity contribution < 1.29 is 9.53 Å². The summed E-state index contributed by atoms with van der Waals surface area (Å²) in [6.45, 7) is 5.67. The normalized spacial score (nSPS) is 17.7. The summed E-state index contributed by atoms with van der Waals surface area (Å²) in [7, 11) is 1.62. The molecule has 0 radical (unpaired) electrons. The van der Waals surface area contributed by atoms with Crippen molar-refractivity contribution in [1.29, 1.82) is 0 Å². The van der Waals surface area contributed by atoms with Gasteiger partial charge in [0, 0.05) is 24.3 Å². The van der Waals surface area contributed by atoms with Crippen LogP contribution in [0.2, 0.25) is 0 Å². The highest BCUT2D eigenvalue weighted by molar-refractivity contribution is 5.92. The molecule has 26 heavy (non-hydrogen) atoms. The first-order chi connectivity index (χ1) is 12.6. The SMILES string of the molecule is COc1ccccc1CC(=O)Nc1ccc(CN2CCC[C@@H](C)C2)cc1. The summed E-state index contributed by atoms with van der Waals surface area (Å²) in [5, 5.41) is 2.97. The number of ether oxygens (including phenoxy) is 1. The molecule has 2 aromatic carbocycles. The molecule has 3 rings (SSSR count). The van der Waals surface area contributed by atoms with Crippen LogP contribution in [0, 0.1) is 5.92 Å². The van der Waals surface area contributed by atoms with Crippen LogP contribution < -0.4 is 10.1 Å². The van der Waals surface area contributed by atoms with E-state index in [4.69, 9.17) is 4.74 Å². The van der Waals surface area contributed by atoms with Gasteiger partial charge < -0.3 is 10.1 Å². The molecule has 138 valence electrons. The quantitative estimate of drug-likeness (QED) is 0.851. The molecule has 4 nitrogen and oxygen atoms in total. The Morgan fingerprint density at radius 2 is 1.96 bits per heavy atom. The molecule has 0 aromatic heterocycles. The van der Waals surface area contributed by atoms with E-state index >= 15 is 0 Å². The van der Waals surface area contributed by atoms with Gasteiger partial charge in [-0.25, -0.2) is 0 Å². The van der Waals surface area contributed by atoms with E-state index in [1.54, 1.807) is 7.11 Å². The van der Waals surface area contributed by atoms with Crippen LogP contribution in [0.1, 0.15) is 30.9 Å². The maximum absolute atomic E-state index is 12.3. The van der Waals surface area contributed by atoms with Crippen molar-refractivity contribution >= 4 is 11.6 Å². The molecule has 0 unspecified atom stereocenters. The number of anilines is 1. The molecule has 0 spiro atoms. The van der Waals surface area contributed by atoms with Gasteiger partial charge in [0.25, 0.3) is 0 Å². The number of carbonyl (C=O) groups excluding carboxylic acids is 1. The Morgan fingerprint density at radius 1 is 1.19 bits per heavy atom. The van der Waals surface area contributed by atoms with Crippen molar-refractivity contribution in [2.24, 2.45) is 5.92 Å². The predicted molar refractivity (Wildman–Crippen MR) is 105 cm³/mol. The Kier molecular flexibility index (Phi) is 6.29. The number of hydrogen-bond donors (Lipinski definition) is 1. The number of amides is 1. The third-order valence-electron chi connectivity index (χ3n) is 4.93. The first kappa shape index (κ1) is 18.5. The molecule has 0 aliphatic carbocycles. The summed E-state index contributed by atoms with van der Waals surface area (Å²) in [6.07, 6.45) is 2.93. The molecule has 0 bridgehead atoms. The van der Waals surface area contributed by atoms with Gasteiger partial charge in [-0.1, -0.05) is 37.3 Å². The maximum atomic E-state index is 12.3. The highest BCUT2D eigenvalue weighted by atomic mass is 16.5. The standard InChI is InChI=1S/C22H28N2O2/c1-17-6-5-13-24(15-17)16-18-9-11-20(12-10-18)23-22(25)14-19-7-3-4-8-21(19)26-2/h3-4,7-12,17H,5-6,13-16H2,1-2H3,(H,23,25)/t17-/m1/s1. The second-order valence-electron chi connectivity index (χ2n) is 7.22. The molecular weight excluding hydrogens is 324 g/mol. The molecular formula is C22H28N2O2. The monoisotopic (exact) mass is 352 g/mol. The molecule has 0 saturated carbocycles. The third-order valence-corrected chi connectivity index (χ3v) is 4.93. The van der Waals surface area contributed by atoms with Crippen molar-refractivity contribution in [2.45, 2.75) is 32.7 Å². The van der Waals surface area contributed by atoms with Crippen molar-refractivity contribution in [3.05, 3.63) is 59.7 Å². The van der Waals surface area contributed by atoms with E-state index in [9.17, 15) is 4.79 Å². The summed E-state index contributed by atoms with van der Waals surface area (Å²) >= 11 is 0. The van der Waals surface area contributed by atoms with Crippen LogP contribution in [0.5, 0.6) is 5.75 Å². The van der Waals surface area contributed by atoms with E-state index in [2.05, 4.69) is 29.3 Å². The van der Waals surface area contributed by atoms with Gasteiger partial charge in [0.05, 0.1) is 13.5 Å². The van der Waals surface area contributed by atoms with Crippen LogP contribution >= 0.6 is 0 Å². The van der Waals surface area contributed by atoms with E-state index in [1.807, 2.05) is 36.4 Å². The third kappa shape index (κ3) is 5.09. The lowest BCUT2D eigenvalue weighted by molar-refractivity contribution is -0.115. The minimum absolute atomic E-state index is 0.0351. The smallest absolute Gasteiger partial charge is 0.228 e. The number of benzene rings is 2. The van der Waals surface area contributed by atoms with Crippen LogP contribution in [-0.4, -0.2) is 31.0 Å². The topological polar surface area (TPSA) is 41.6 Å². The Balaban J connectivity index is 1.54. The zero-order valence-corrected chi connectivity index (χ0v) is 15.7. The average Bonchev–Trinajstić information content (AvgIpc) is 2.64. The number of nitrogens with one attached hydrogen (secondary N) is 1. The second-order valence-corrected chi connectivity index (χ2v) is 7.22. The van der Waals surface area contributed by atoms with Crippen molar-refractivity contribution in [3.63, 3.8) is 0 Å². The fourth-order valence-electron chi connectivity index (χ4n) is 3.61. The van der Waals surface area contributed by atoms with E-state index in [0.29, 0.717) is 6.42 Å². The molecule has 4 heteroatoms. The van der Waals surface area contributed by atoms with E-state index in [0.717, 1.165) is 29.5 Å². The molecule has 1 saturated heterocycles. The average molecular weight is 352 g/mol. The Morgan fingerprint density at radius 3 is 2.69 bits per heavy atom. The summed E-state index contributed by atoms with van der Waals surface area (Å²) in [5.41, 5.74) is 3.02. The Bertz CT molecular complexity index is 727. The number of methoxy groups -OCH3 is 1. The van der Waals surface area contributed by atoms with E-state index in [-0.39, 0.29) is 5.91 Å². The van der Waals surface area contributed by atoms with Gasteiger partial charge in [0.1, 0.15) is 5.75 Å². The minimum Gasteiger partial charge on any atom is -0.496 e. The number of likely N-dealkylation sites (tertiary alicyclic amines) is 1. The van der Waals surface area contributed by atoms with Gasteiger partial charge in [-0.05, 0) is 49.1 Å². The molecule has 1 N–H and O–H groups in total. The van der Waals surface area contributed by atoms with Crippen LogP contribution in [0.15, 0.2) is 48.5 Å². The summed E-state index contributed by atoms with van der Waals surface area (Å²) in [5.74, 6) is 1.50. The Labute approximate surface area is 156 Å². The van der Waals surface area contributed by atoms with Crippen LogP contribution in [-0.2, 0) is 17.8 Å². The van der Waals surface area contributed by atoms with Gasteiger partial charge in [-0.2, -0.15) is 0 Å². The lowest BCUT2D eigenvalue weighted by Gasteiger charge is -2.30. The van der Waals surface area contributed by atoms with Gasteiger partial charge in [0.15, 0.2) is 0 Å². The highest BCUT2D eigenvalue weighted by Crippen LogP contribution is 2.20. The lowest BCUT2D eigenvalue weighted by Crippen LogP contribution is -2.33. The van der Waals surface area contributed by atoms with Gasteiger partial charge in [0.2, 0.25) is 5.91 Å². The largest absolute Gasteiger partial charge is 0.496 e. The highest BCUT2D eigenvalue weighted by Gasteiger charge is 2.16. The van der Waals surface area contributed by atoms with E-state index in [1.165, 1.54) is 31.5 Å². The van der Waals surface area contributed by atoms with Crippen LogP contribution in [0.25, 0.3) is 0 Å². The molecule has 1 fully saturated rings. The summed E-state index contributed by atoms with van der Waals surface area (Å²) in [6, 6.07) is 15.8. The molecule has 1 aliphatic rings. The lowest BCUT2D eigenvalue weighted by atomic mass is 10.00. The van der Waals surface area contributed by atoms with Crippen molar-refractivity contribution in [2.75, 3.05) is 25.5 Å². The predicted octanol–water partition coefficient (Wildman–Crippen LogP) is 4.11. The zero-order valence-electron chi connectivity index (χ0n) is 15.7. The van der Waals surface area contributed by atoms with Gasteiger partial charge in [-0.15, -0.1) is 0 Å². The summed E-state index contributed by atoms with van der Waals surface area (Å²) < 4.78 is 5.31. The molecule has 1 heterocycles. The molecule has 1 aliphatic heterocycles. The number of rotatable bonds is 6. The second kappa shape index (κ2) is 8.86. The number of para-hydroxylation sites is 1. The number of nitrogens with zero attached hydrogens (tertiary/aromatic N) is 1. The van der Waals surface area contributed by atoms with Crippen LogP contribution in [0.3, 0.4) is 0 Å². The number of carbonyl (C=O) groups is 1. The number of piperidine rings is 1. The molecule has 1 atom stereocenters. The Hall–Kier alpha value is -2.33. The van der Waals surface area contributed by atoms with Gasteiger partial charge >= 0.3 is 0 Å². The van der Waals surface area contributed by atoms with Crippen molar-refractivity contribution in [3.8, 4) is 5.75 Å². The number of hydrogen-bond acceptors (Lipinski definition) is 3. The van der Waals surface area contributed by atoms with Crippen molar-refractivity contribution in [1.82, 2.24) is 4.90 Å². The minimum atomic E-state index is -0.0351. The van der Waals surface area contributed by atoms with Crippen LogP contribution in [0.4, 0.5) is 5.69 Å². The first-order valence-electron chi connectivity index (χ1n) is 9.37. The molecule has 1 amide bonds. The first-order valence-corrected chi connectivity index (χ1v) is 9.37. The summed E-state index contributed by atoms with van der Waals surface area (Å²) in [4.78, 5) is 14.8.